The molecule has 0 aliphatic heterocycles. The third-order valence-electron chi connectivity index (χ3n) is 4.54. The van der Waals surface area contributed by atoms with E-state index < -0.39 is 0 Å². The predicted octanol–water partition coefficient (Wildman–Crippen LogP) is 4.95. The molecular weight excluding hydrogens is 180 g/mol. The van der Waals surface area contributed by atoms with Gasteiger partial charge in [0.2, 0.25) is 0 Å². The minimum Gasteiger partial charge on any atom is -0.0847 e. The minimum absolute atomic E-state index is 0.996. The van der Waals surface area contributed by atoms with Crippen molar-refractivity contribution in [1.82, 2.24) is 0 Å². The Morgan fingerprint density at radius 2 is 1.87 bits per heavy atom. The lowest BCUT2D eigenvalue weighted by Gasteiger charge is -2.27. The molecule has 2 aliphatic rings. The predicted molar refractivity (Wildman–Crippen MR) is 66.8 cm³/mol. The van der Waals surface area contributed by atoms with Crippen molar-refractivity contribution in [3.05, 3.63) is 11.6 Å². The van der Waals surface area contributed by atoms with Crippen LogP contribution in [-0.4, -0.2) is 0 Å². The second-order valence-corrected chi connectivity index (χ2v) is 5.53. The average molecular weight is 206 g/mol. The van der Waals surface area contributed by atoms with Gasteiger partial charge in [-0.05, 0) is 43.4 Å². The van der Waals surface area contributed by atoms with Crippen molar-refractivity contribution >= 4 is 0 Å². The van der Waals surface area contributed by atoms with E-state index in [0.717, 1.165) is 17.8 Å². The molecule has 0 aromatic heterocycles. The molecule has 3 atom stereocenters. The van der Waals surface area contributed by atoms with E-state index in [1.165, 1.54) is 51.4 Å². The molecule has 2 aliphatic carbocycles. The minimum atomic E-state index is 0.996. The summed E-state index contributed by atoms with van der Waals surface area (Å²) < 4.78 is 0. The highest BCUT2D eigenvalue weighted by Crippen LogP contribution is 2.52. The van der Waals surface area contributed by atoms with Crippen molar-refractivity contribution in [3.63, 3.8) is 0 Å². The number of fused-ring (bicyclic) bond motifs is 2. The molecule has 0 aromatic carbocycles. The fraction of sp³-hybridized carbons (Fsp3) is 0.867. The van der Waals surface area contributed by atoms with Gasteiger partial charge in [-0.15, -0.1) is 0 Å². The lowest BCUT2D eigenvalue weighted by Crippen LogP contribution is -2.18. The zero-order valence-corrected chi connectivity index (χ0v) is 10.5. The van der Waals surface area contributed by atoms with Gasteiger partial charge in [0, 0.05) is 0 Å². The van der Waals surface area contributed by atoms with Crippen LogP contribution in [0.25, 0.3) is 0 Å². The highest BCUT2D eigenvalue weighted by atomic mass is 14.5. The summed E-state index contributed by atoms with van der Waals surface area (Å²) in [6.07, 6.45) is 14.1. The molecule has 3 unspecified atom stereocenters. The molecule has 0 N–H and O–H groups in total. The highest BCUT2D eigenvalue weighted by molar-refractivity contribution is 5.22. The Balaban J connectivity index is 1.92. The fourth-order valence-corrected chi connectivity index (χ4v) is 3.70. The Bertz CT molecular complexity index is 226. The van der Waals surface area contributed by atoms with Crippen LogP contribution in [0.15, 0.2) is 11.6 Å². The Morgan fingerprint density at radius 1 is 1.13 bits per heavy atom. The summed E-state index contributed by atoms with van der Waals surface area (Å²) in [4.78, 5) is 0. The zero-order chi connectivity index (χ0) is 10.7. The summed E-state index contributed by atoms with van der Waals surface area (Å²) in [6.45, 7) is 4.65. The molecule has 0 heteroatoms. The lowest BCUT2D eigenvalue weighted by atomic mass is 9.78. The molecule has 15 heavy (non-hydrogen) atoms. The lowest BCUT2D eigenvalue weighted by molar-refractivity contribution is 0.271. The van der Waals surface area contributed by atoms with Crippen LogP contribution in [0.3, 0.4) is 0 Å². The van der Waals surface area contributed by atoms with Crippen molar-refractivity contribution < 1.29 is 0 Å². The first-order valence-electron chi connectivity index (χ1n) is 7.05. The van der Waals surface area contributed by atoms with Crippen molar-refractivity contribution in [2.75, 3.05) is 0 Å². The Kier molecular flexibility index (Phi) is 3.88. The van der Waals surface area contributed by atoms with Crippen LogP contribution >= 0.6 is 0 Å². The Hall–Kier alpha value is -0.260. The molecule has 0 aromatic rings. The smallest absolute Gasteiger partial charge is 0.0172 e. The molecule has 0 nitrogen and oxygen atoms in total. The van der Waals surface area contributed by atoms with E-state index in [4.69, 9.17) is 0 Å². The molecule has 1 fully saturated rings. The van der Waals surface area contributed by atoms with Crippen LogP contribution in [0.1, 0.15) is 65.2 Å². The summed E-state index contributed by atoms with van der Waals surface area (Å²) in [7, 11) is 0. The van der Waals surface area contributed by atoms with E-state index in [2.05, 4.69) is 19.9 Å². The van der Waals surface area contributed by atoms with Gasteiger partial charge in [-0.25, -0.2) is 0 Å². The van der Waals surface area contributed by atoms with E-state index in [-0.39, 0.29) is 0 Å². The Morgan fingerprint density at radius 3 is 2.60 bits per heavy atom. The van der Waals surface area contributed by atoms with Gasteiger partial charge in [0.05, 0.1) is 0 Å². The number of hydrogen-bond acceptors (Lipinski definition) is 0. The molecule has 0 amide bonds. The third kappa shape index (κ3) is 2.29. The SMILES string of the molecule is CCCCC1C2=CCC(C2)C1CCCC. The molecule has 0 saturated heterocycles. The maximum Gasteiger partial charge on any atom is -0.0172 e. The molecule has 0 spiro atoms. The molecule has 0 heterocycles. The maximum absolute atomic E-state index is 2.56. The molecule has 0 radical (unpaired) electrons. The number of rotatable bonds is 6. The second-order valence-electron chi connectivity index (χ2n) is 5.53. The van der Waals surface area contributed by atoms with Gasteiger partial charge in [0.25, 0.3) is 0 Å². The third-order valence-corrected chi connectivity index (χ3v) is 4.54. The Labute approximate surface area is 95.1 Å². The van der Waals surface area contributed by atoms with Crippen molar-refractivity contribution in [2.45, 2.75) is 65.2 Å². The van der Waals surface area contributed by atoms with Gasteiger partial charge in [-0.3, -0.25) is 0 Å². The largest absolute Gasteiger partial charge is 0.0847 e. The molecule has 86 valence electrons. The second kappa shape index (κ2) is 5.18. The van der Waals surface area contributed by atoms with E-state index in [1.807, 2.05) is 5.57 Å². The first-order valence-corrected chi connectivity index (χ1v) is 7.05. The van der Waals surface area contributed by atoms with Gasteiger partial charge < -0.3 is 0 Å². The highest BCUT2D eigenvalue weighted by Gasteiger charge is 2.40. The summed E-state index contributed by atoms with van der Waals surface area (Å²) in [5, 5.41) is 0. The maximum atomic E-state index is 2.56. The number of unbranched alkanes of at least 4 members (excludes halogenated alkanes) is 2. The van der Waals surface area contributed by atoms with E-state index >= 15 is 0 Å². The average Bonchev–Trinajstić information content (AvgIpc) is 2.83. The van der Waals surface area contributed by atoms with E-state index in [0.29, 0.717) is 0 Å². The first-order chi connectivity index (χ1) is 7.36. The van der Waals surface area contributed by atoms with Gasteiger partial charge >= 0.3 is 0 Å². The topological polar surface area (TPSA) is 0 Å². The van der Waals surface area contributed by atoms with Gasteiger partial charge in [-0.2, -0.15) is 0 Å². The van der Waals surface area contributed by atoms with Crippen LogP contribution in [0.2, 0.25) is 0 Å². The van der Waals surface area contributed by atoms with Crippen LogP contribution < -0.4 is 0 Å². The molecule has 2 rings (SSSR count). The van der Waals surface area contributed by atoms with E-state index in [1.54, 1.807) is 0 Å². The summed E-state index contributed by atoms with van der Waals surface area (Å²) >= 11 is 0. The normalized spacial score (nSPS) is 33.5. The number of hydrogen-bond donors (Lipinski definition) is 0. The summed E-state index contributed by atoms with van der Waals surface area (Å²) in [5.41, 5.74) is 1.84. The van der Waals surface area contributed by atoms with Crippen LogP contribution in [0, 0.1) is 17.8 Å². The van der Waals surface area contributed by atoms with Crippen molar-refractivity contribution in [2.24, 2.45) is 17.8 Å². The molecule has 2 bridgehead atoms. The zero-order valence-electron chi connectivity index (χ0n) is 10.5. The van der Waals surface area contributed by atoms with Gasteiger partial charge in [0.15, 0.2) is 0 Å². The molecule has 1 saturated carbocycles. The monoisotopic (exact) mass is 206 g/mol. The van der Waals surface area contributed by atoms with E-state index in [9.17, 15) is 0 Å². The van der Waals surface area contributed by atoms with Crippen molar-refractivity contribution in [1.29, 1.82) is 0 Å². The summed E-state index contributed by atoms with van der Waals surface area (Å²) in [5.74, 6) is 3.11. The van der Waals surface area contributed by atoms with Crippen LogP contribution in [-0.2, 0) is 0 Å². The van der Waals surface area contributed by atoms with Crippen LogP contribution in [0.5, 0.6) is 0 Å². The summed E-state index contributed by atoms with van der Waals surface area (Å²) in [6, 6.07) is 0. The molecular formula is C15H26. The number of allylic oxidation sites excluding steroid dienone is 2. The van der Waals surface area contributed by atoms with Crippen LogP contribution in [0.4, 0.5) is 0 Å². The first kappa shape index (κ1) is 11.2. The van der Waals surface area contributed by atoms with Crippen molar-refractivity contribution in [3.8, 4) is 0 Å². The standard InChI is InChI=1S/C15H26/c1-3-5-7-14-12-9-10-13(11-12)15(14)8-6-4-2/h9,13-15H,3-8,10-11H2,1-2H3. The van der Waals surface area contributed by atoms with Gasteiger partial charge in [-0.1, -0.05) is 51.2 Å². The van der Waals surface area contributed by atoms with Gasteiger partial charge in [0.1, 0.15) is 0 Å². The fourth-order valence-electron chi connectivity index (χ4n) is 3.70. The quantitative estimate of drug-likeness (QED) is 0.539.